The van der Waals surface area contributed by atoms with Crippen LogP contribution in [0.2, 0.25) is 0 Å². The molecule has 8 heteroatoms. The number of halogens is 1. The summed E-state index contributed by atoms with van der Waals surface area (Å²) < 4.78 is 30.3. The van der Waals surface area contributed by atoms with E-state index in [1.165, 1.54) is 0 Å². The molecule has 25 heavy (non-hydrogen) atoms. The van der Waals surface area contributed by atoms with Crippen molar-refractivity contribution in [1.29, 1.82) is 0 Å². The number of imidazole rings is 1. The smallest absolute Gasteiger partial charge is 0.232 e. The molecule has 0 aliphatic rings. The van der Waals surface area contributed by atoms with E-state index in [-0.39, 0.29) is 11.8 Å². The van der Waals surface area contributed by atoms with Crippen LogP contribution in [0.4, 0.5) is 0 Å². The number of aromatic nitrogens is 3. The molecule has 3 aromatic rings. The van der Waals surface area contributed by atoms with Crippen LogP contribution in [-0.2, 0) is 20.4 Å². The van der Waals surface area contributed by atoms with E-state index in [1.807, 2.05) is 38.1 Å². The summed E-state index contributed by atoms with van der Waals surface area (Å²) in [6, 6.07) is 7.74. The fourth-order valence-corrected chi connectivity index (χ4v) is 3.87. The van der Waals surface area contributed by atoms with Gasteiger partial charge in [-0.25, -0.2) is 13.4 Å². The molecule has 0 aliphatic heterocycles. The Morgan fingerprint density at radius 3 is 2.76 bits per heavy atom. The van der Waals surface area contributed by atoms with Gasteiger partial charge in [0.25, 0.3) is 0 Å². The first kappa shape index (κ1) is 18.1. The van der Waals surface area contributed by atoms with Crippen LogP contribution in [0.25, 0.3) is 21.9 Å². The number of ether oxygens (including phenoxy) is 1. The minimum absolute atomic E-state index is 0.0908. The Balaban J connectivity index is 2.15. The van der Waals surface area contributed by atoms with Crippen molar-refractivity contribution < 1.29 is 13.2 Å². The van der Waals surface area contributed by atoms with E-state index in [1.54, 1.807) is 6.20 Å². The SMILES string of the molecule is CCOCc1nc2cnc3ccccc3c2n1C(C)CCS(=O)(=O)Cl. The molecule has 0 N–H and O–H groups in total. The molecule has 1 aromatic carbocycles. The van der Waals surface area contributed by atoms with E-state index in [0.29, 0.717) is 19.6 Å². The molecule has 6 nitrogen and oxygen atoms in total. The molecule has 1 unspecified atom stereocenters. The first-order valence-corrected chi connectivity index (χ1v) is 10.6. The first-order valence-electron chi connectivity index (χ1n) is 8.15. The van der Waals surface area contributed by atoms with E-state index >= 15 is 0 Å². The fourth-order valence-electron chi connectivity index (χ4n) is 2.98. The Morgan fingerprint density at radius 1 is 1.28 bits per heavy atom. The molecule has 0 aliphatic carbocycles. The molecular formula is C17H20ClN3O3S. The Hall–Kier alpha value is -1.70. The normalized spacial score (nSPS) is 13.6. The number of para-hydroxylation sites is 1. The van der Waals surface area contributed by atoms with Crippen molar-refractivity contribution in [3.8, 4) is 0 Å². The second kappa shape index (κ2) is 7.27. The second-order valence-electron chi connectivity index (χ2n) is 5.93. The van der Waals surface area contributed by atoms with Gasteiger partial charge in [0, 0.05) is 28.7 Å². The first-order chi connectivity index (χ1) is 11.9. The highest BCUT2D eigenvalue weighted by Gasteiger charge is 2.20. The number of benzene rings is 1. The molecule has 2 heterocycles. The number of fused-ring (bicyclic) bond motifs is 3. The highest BCUT2D eigenvalue weighted by atomic mass is 35.7. The van der Waals surface area contributed by atoms with Gasteiger partial charge in [0.15, 0.2) is 0 Å². The Morgan fingerprint density at radius 2 is 2.04 bits per heavy atom. The van der Waals surface area contributed by atoms with Crippen LogP contribution in [0, 0.1) is 0 Å². The average Bonchev–Trinajstić information content (AvgIpc) is 2.96. The Bertz CT molecular complexity index is 1000. The second-order valence-corrected chi connectivity index (χ2v) is 8.82. The van der Waals surface area contributed by atoms with Crippen LogP contribution in [0.15, 0.2) is 30.5 Å². The molecule has 0 amide bonds. The van der Waals surface area contributed by atoms with Crippen LogP contribution in [0.3, 0.4) is 0 Å². The summed E-state index contributed by atoms with van der Waals surface area (Å²) in [5.41, 5.74) is 2.59. The van der Waals surface area contributed by atoms with E-state index in [9.17, 15) is 8.42 Å². The topological polar surface area (TPSA) is 74.1 Å². The molecule has 0 radical (unpaired) electrons. The van der Waals surface area contributed by atoms with Crippen LogP contribution in [0.1, 0.15) is 32.1 Å². The molecule has 0 fully saturated rings. The number of pyridine rings is 1. The number of nitrogens with zero attached hydrogens (tertiary/aromatic N) is 3. The molecule has 0 spiro atoms. The predicted octanol–water partition coefficient (Wildman–Crippen LogP) is 3.64. The zero-order valence-electron chi connectivity index (χ0n) is 14.1. The van der Waals surface area contributed by atoms with Gasteiger partial charge in [-0.15, -0.1) is 0 Å². The molecule has 3 rings (SSSR count). The van der Waals surface area contributed by atoms with E-state index in [4.69, 9.17) is 15.4 Å². The van der Waals surface area contributed by atoms with E-state index in [0.717, 1.165) is 27.8 Å². The van der Waals surface area contributed by atoms with Crippen molar-refractivity contribution in [1.82, 2.24) is 14.5 Å². The predicted molar refractivity (Wildman–Crippen MR) is 99.3 cm³/mol. The molecule has 2 aromatic heterocycles. The average molecular weight is 382 g/mol. The highest BCUT2D eigenvalue weighted by Crippen LogP contribution is 2.29. The lowest BCUT2D eigenvalue weighted by atomic mass is 10.1. The standard InChI is InChI=1S/C17H20ClN3O3S/c1-3-24-11-16-20-15-10-19-14-7-5-4-6-13(14)17(15)21(16)12(2)8-9-25(18,22)23/h4-7,10,12H,3,8-9,11H2,1-2H3. The lowest BCUT2D eigenvalue weighted by Gasteiger charge is -2.18. The number of rotatable bonds is 7. The monoisotopic (exact) mass is 381 g/mol. The van der Waals surface area contributed by atoms with Crippen LogP contribution in [0.5, 0.6) is 0 Å². The van der Waals surface area contributed by atoms with Gasteiger partial charge in [-0.1, -0.05) is 18.2 Å². The summed E-state index contributed by atoms with van der Waals surface area (Å²) in [7, 11) is 1.85. The minimum atomic E-state index is -3.54. The van der Waals surface area contributed by atoms with Gasteiger partial charge >= 0.3 is 0 Å². The summed E-state index contributed by atoms with van der Waals surface area (Å²) in [5.74, 6) is 0.668. The highest BCUT2D eigenvalue weighted by molar-refractivity contribution is 8.13. The largest absolute Gasteiger partial charge is 0.374 e. The summed E-state index contributed by atoms with van der Waals surface area (Å²) in [4.78, 5) is 9.11. The van der Waals surface area contributed by atoms with Crippen molar-refractivity contribution in [2.45, 2.75) is 32.9 Å². The van der Waals surface area contributed by atoms with Gasteiger partial charge in [-0.3, -0.25) is 4.98 Å². The number of hydrogen-bond acceptors (Lipinski definition) is 5. The maximum atomic E-state index is 11.3. The third kappa shape index (κ3) is 3.94. The zero-order valence-corrected chi connectivity index (χ0v) is 15.7. The Kier molecular flexibility index (Phi) is 5.27. The van der Waals surface area contributed by atoms with Gasteiger partial charge in [-0.2, -0.15) is 0 Å². The molecular weight excluding hydrogens is 362 g/mol. The van der Waals surface area contributed by atoms with Crippen molar-refractivity contribution in [3.63, 3.8) is 0 Å². The van der Waals surface area contributed by atoms with Crippen molar-refractivity contribution in [3.05, 3.63) is 36.3 Å². The lowest BCUT2D eigenvalue weighted by Crippen LogP contribution is -2.14. The minimum Gasteiger partial charge on any atom is -0.374 e. The van der Waals surface area contributed by atoms with Crippen LogP contribution in [-0.4, -0.2) is 35.3 Å². The maximum Gasteiger partial charge on any atom is 0.232 e. The number of hydrogen-bond donors (Lipinski definition) is 0. The third-order valence-electron chi connectivity index (χ3n) is 4.15. The third-order valence-corrected chi connectivity index (χ3v) is 5.34. The fraction of sp³-hybridized carbons (Fsp3) is 0.412. The van der Waals surface area contributed by atoms with Crippen molar-refractivity contribution in [2.24, 2.45) is 0 Å². The molecule has 134 valence electrons. The van der Waals surface area contributed by atoms with Crippen LogP contribution >= 0.6 is 10.7 Å². The Labute approximate surface area is 151 Å². The maximum absolute atomic E-state index is 11.3. The van der Waals surface area contributed by atoms with E-state index in [2.05, 4.69) is 14.5 Å². The molecule has 0 saturated heterocycles. The quantitative estimate of drug-likeness (QED) is 0.584. The van der Waals surface area contributed by atoms with E-state index < -0.39 is 9.05 Å². The molecule has 1 atom stereocenters. The molecule has 0 saturated carbocycles. The van der Waals surface area contributed by atoms with Gasteiger partial charge < -0.3 is 9.30 Å². The summed E-state index contributed by atoms with van der Waals surface area (Å²) >= 11 is 0. The lowest BCUT2D eigenvalue weighted by molar-refractivity contribution is 0.125. The van der Waals surface area contributed by atoms with Gasteiger partial charge in [0.1, 0.15) is 17.9 Å². The zero-order chi connectivity index (χ0) is 18.0. The van der Waals surface area contributed by atoms with Gasteiger partial charge in [0.2, 0.25) is 9.05 Å². The van der Waals surface area contributed by atoms with Gasteiger partial charge in [0.05, 0.1) is 23.0 Å². The molecule has 0 bridgehead atoms. The van der Waals surface area contributed by atoms with Gasteiger partial charge in [-0.05, 0) is 26.3 Å². The van der Waals surface area contributed by atoms with Crippen molar-refractivity contribution in [2.75, 3.05) is 12.4 Å². The summed E-state index contributed by atoms with van der Waals surface area (Å²) in [6.45, 7) is 4.82. The summed E-state index contributed by atoms with van der Waals surface area (Å²) in [5, 5.41) is 0.982. The van der Waals surface area contributed by atoms with Crippen molar-refractivity contribution >= 4 is 41.7 Å². The summed E-state index contributed by atoms with van der Waals surface area (Å²) in [6.07, 6.45) is 2.14. The van der Waals surface area contributed by atoms with Crippen LogP contribution < -0.4 is 0 Å².